The molecule has 3 rings (SSSR count). The molecule has 0 aromatic heterocycles. The zero-order valence-corrected chi connectivity index (χ0v) is 18.4. The van der Waals surface area contributed by atoms with E-state index in [0.29, 0.717) is 23.5 Å². The van der Waals surface area contributed by atoms with Crippen LogP contribution in [0.25, 0.3) is 17.2 Å². The summed E-state index contributed by atoms with van der Waals surface area (Å²) in [6.45, 7) is 3.98. The van der Waals surface area contributed by atoms with Gasteiger partial charge in [0.05, 0.1) is 18.8 Å². The molecule has 0 bridgehead atoms. The zero-order valence-electron chi connectivity index (χ0n) is 18.4. The van der Waals surface area contributed by atoms with Gasteiger partial charge >= 0.3 is 11.9 Å². The Hall–Kier alpha value is -4.37. The summed E-state index contributed by atoms with van der Waals surface area (Å²) in [5, 5.41) is 9.23. The molecule has 0 atom stereocenters. The van der Waals surface area contributed by atoms with E-state index in [1.165, 1.54) is 6.08 Å². The zero-order chi connectivity index (χ0) is 23.6. The summed E-state index contributed by atoms with van der Waals surface area (Å²) in [4.78, 5) is 24.6. The van der Waals surface area contributed by atoms with Crippen LogP contribution in [0.2, 0.25) is 0 Å². The maximum absolute atomic E-state index is 12.7. The number of benzene rings is 3. The van der Waals surface area contributed by atoms with E-state index in [-0.39, 0.29) is 17.9 Å². The van der Waals surface area contributed by atoms with Gasteiger partial charge in [0.1, 0.15) is 11.6 Å². The van der Waals surface area contributed by atoms with Crippen molar-refractivity contribution < 1.29 is 23.8 Å². The first-order valence-electron chi connectivity index (χ1n) is 10.5. The van der Waals surface area contributed by atoms with Crippen LogP contribution < -0.4 is 9.47 Å². The van der Waals surface area contributed by atoms with E-state index in [4.69, 9.17) is 14.2 Å². The number of hydrogen-bond acceptors (Lipinski definition) is 6. The van der Waals surface area contributed by atoms with Crippen LogP contribution in [-0.4, -0.2) is 25.2 Å². The fraction of sp³-hybridized carbons (Fsp3) is 0.148. The van der Waals surface area contributed by atoms with Gasteiger partial charge in [-0.3, -0.25) is 0 Å². The van der Waals surface area contributed by atoms with Crippen molar-refractivity contribution in [1.82, 2.24) is 0 Å². The van der Waals surface area contributed by atoms with Gasteiger partial charge in [-0.25, -0.2) is 9.59 Å². The van der Waals surface area contributed by atoms with Gasteiger partial charge in [-0.2, -0.15) is 5.26 Å². The molecule has 3 aromatic rings. The van der Waals surface area contributed by atoms with Crippen LogP contribution >= 0.6 is 0 Å². The Morgan fingerprint density at radius 2 is 1.58 bits per heavy atom. The van der Waals surface area contributed by atoms with Crippen LogP contribution in [0.4, 0.5) is 0 Å². The number of rotatable bonds is 8. The van der Waals surface area contributed by atoms with Crippen molar-refractivity contribution in [2.24, 2.45) is 0 Å². The topological polar surface area (TPSA) is 85.6 Å². The lowest BCUT2D eigenvalue weighted by Gasteiger charge is -2.12. The first kappa shape index (κ1) is 23.3. The highest BCUT2D eigenvalue weighted by molar-refractivity contribution is 5.98. The van der Waals surface area contributed by atoms with E-state index in [1.807, 2.05) is 48.5 Å². The van der Waals surface area contributed by atoms with Crippen LogP contribution in [0, 0.1) is 11.3 Å². The largest absolute Gasteiger partial charge is 0.490 e. The van der Waals surface area contributed by atoms with Crippen molar-refractivity contribution in [1.29, 1.82) is 5.26 Å². The molecule has 166 valence electrons. The Kier molecular flexibility index (Phi) is 7.98. The average Bonchev–Trinajstić information content (AvgIpc) is 2.85. The number of nitrogens with zero attached hydrogens (tertiary/aromatic N) is 1. The summed E-state index contributed by atoms with van der Waals surface area (Å²) >= 11 is 0. The number of esters is 2. The maximum Gasteiger partial charge on any atom is 0.348 e. The van der Waals surface area contributed by atoms with Crippen molar-refractivity contribution in [3.05, 3.63) is 89.5 Å². The first-order chi connectivity index (χ1) is 16.0. The molecule has 0 saturated heterocycles. The molecule has 6 heteroatoms. The molecule has 33 heavy (non-hydrogen) atoms. The van der Waals surface area contributed by atoms with Crippen molar-refractivity contribution in [2.75, 3.05) is 13.2 Å². The number of nitriles is 1. The third kappa shape index (κ3) is 6.08. The molecule has 0 saturated carbocycles. The smallest absolute Gasteiger partial charge is 0.348 e. The normalized spacial score (nSPS) is 10.8. The molecular formula is C27H23NO5. The third-order valence-electron chi connectivity index (χ3n) is 4.62. The number of carbonyl (C=O) groups excluding carboxylic acids is 2. The van der Waals surface area contributed by atoms with Gasteiger partial charge < -0.3 is 14.2 Å². The highest BCUT2D eigenvalue weighted by Crippen LogP contribution is 2.30. The highest BCUT2D eigenvalue weighted by atomic mass is 16.6. The van der Waals surface area contributed by atoms with E-state index in [0.717, 1.165) is 11.1 Å². The van der Waals surface area contributed by atoms with Crippen molar-refractivity contribution in [3.63, 3.8) is 0 Å². The van der Waals surface area contributed by atoms with Gasteiger partial charge in [-0.1, -0.05) is 48.5 Å². The summed E-state index contributed by atoms with van der Waals surface area (Å²) in [5.74, 6) is -0.669. The second kappa shape index (κ2) is 11.3. The fourth-order valence-electron chi connectivity index (χ4n) is 3.07. The van der Waals surface area contributed by atoms with Gasteiger partial charge in [0.15, 0.2) is 11.5 Å². The van der Waals surface area contributed by atoms with Crippen LogP contribution in [-0.2, 0) is 9.53 Å². The minimum absolute atomic E-state index is 0.137. The van der Waals surface area contributed by atoms with E-state index < -0.39 is 11.9 Å². The van der Waals surface area contributed by atoms with Gasteiger partial charge in [0.25, 0.3) is 0 Å². The van der Waals surface area contributed by atoms with Gasteiger partial charge in [0.2, 0.25) is 0 Å². The molecule has 0 fully saturated rings. The summed E-state index contributed by atoms with van der Waals surface area (Å²) in [5.41, 5.74) is 2.85. The van der Waals surface area contributed by atoms with E-state index in [1.54, 1.807) is 44.2 Å². The van der Waals surface area contributed by atoms with Gasteiger partial charge in [-0.15, -0.1) is 0 Å². The second-order valence-electron chi connectivity index (χ2n) is 6.86. The quantitative estimate of drug-likeness (QED) is 0.200. The Balaban J connectivity index is 1.80. The van der Waals surface area contributed by atoms with E-state index in [9.17, 15) is 14.9 Å². The molecule has 3 aromatic carbocycles. The Bertz CT molecular complexity index is 1190. The van der Waals surface area contributed by atoms with Crippen LogP contribution in [0.3, 0.4) is 0 Å². The molecule has 0 N–H and O–H groups in total. The molecular weight excluding hydrogens is 418 g/mol. The van der Waals surface area contributed by atoms with Gasteiger partial charge in [-0.05, 0) is 60.9 Å². The number of hydrogen-bond donors (Lipinski definition) is 0. The summed E-state index contributed by atoms with van der Waals surface area (Å²) in [7, 11) is 0. The molecule has 0 aliphatic heterocycles. The van der Waals surface area contributed by atoms with E-state index >= 15 is 0 Å². The predicted molar refractivity (Wildman–Crippen MR) is 125 cm³/mol. The van der Waals surface area contributed by atoms with E-state index in [2.05, 4.69) is 0 Å². The third-order valence-corrected chi connectivity index (χ3v) is 4.62. The minimum Gasteiger partial charge on any atom is -0.490 e. The Labute approximate surface area is 192 Å². The SMILES string of the molecule is CCOC(=O)C(C#N)=Cc1ccc(OC(=O)c2ccc(-c3ccccc3)cc2)c(OCC)c1. The molecule has 6 nitrogen and oxygen atoms in total. The average molecular weight is 441 g/mol. The van der Waals surface area contributed by atoms with Crippen molar-refractivity contribution in [3.8, 4) is 28.7 Å². The molecule has 0 spiro atoms. The summed E-state index contributed by atoms with van der Waals surface area (Å²) in [6, 6.07) is 23.6. The Morgan fingerprint density at radius 3 is 2.21 bits per heavy atom. The molecule has 0 unspecified atom stereocenters. The maximum atomic E-state index is 12.7. The highest BCUT2D eigenvalue weighted by Gasteiger charge is 2.15. The van der Waals surface area contributed by atoms with Gasteiger partial charge in [0, 0.05) is 0 Å². The summed E-state index contributed by atoms with van der Waals surface area (Å²) < 4.78 is 16.0. The minimum atomic E-state index is -0.701. The molecule has 0 radical (unpaired) electrons. The molecule has 0 aliphatic carbocycles. The Morgan fingerprint density at radius 1 is 0.879 bits per heavy atom. The monoisotopic (exact) mass is 441 g/mol. The van der Waals surface area contributed by atoms with Crippen molar-refractivity contribution >= 4 is 18.0 Å². The lowest BCUT2D eigenvalue weighted by molar-refractivity contribution is -0.137. The van der Waals surface area contributed by atoms with Crippen molar-refractivity contribution in [2.45, 2.75) is 13.8 Å². The number of ether oxygens (including phenoxy) is 3. The lowest BCUT2D eigenvalue weighted by Crippen LogP contribution is -2.10. The molecule has 0 amide bonds. The summed E-state index contributed by atoms with van der Waals surface area (Å²) in [6.07, 6.45) is 1.40. The molecule has 0 heterocycles. The first-order valence-corrected chi connectivity index (χ1v) is 10.5. The number of carbonyl (C=O) groups is 2. The van der Waals surface area contributed by atoms with Crippen LogP contribution in [0.5, 0.6) is 11.5 Å². The van der Waals surface area contributed by atoms with Crippen LogP contribution in [0.15, 0.2) is 78.4 Å². The standard InChI is InChI=1S/C27H23NO5/c1-3-31-25-17-19(16-23(18-28)26(29)32-4-2)10-15-24(25)33-27(30)22-13-11-21(12-14-22)20-8-6-5-7-9-20/h5-17H,3-4H2,1-2H3. The van der Waals surface area contributed by atoms with Crippen LogP contribution in [0.1, 0.15) is 29.8 Å². The predicted octanol–water partition coefficient (Wildman–Crippen LogP) is 5.44. The molecule has 0 aliphatic rings. The fourth-order valence-corrected chi connectivity index (χ4v) is 3.07. The second-order valence-corrected chi connectivity index (χ2v) is 6.86. The lowest BCUT2D eigenvalue weighted by atomic mass is 10.0.